The summed E-state index contributed by atoms with van der Waals surface area (Å²) < 4.78 is 11.2. The number of rotatable bonds is 8. The van der Waals surface area contributed by atoms with Gasteiger partial charge in [0.15, 0.2) is 0 Å². The van der Waals surface area contributed by atoms with Gasteiger partial charge in [0, 0.05) is 13.2 Å². The second-order valence-corrected chi connectivity index (χ2v) is 5.79. The maximum atomic E-state index is 5.73. The zero-order valence-electron chi connectivity index (χ0n) is 11.5. The second kappa shape index (κ2) is 7.48. The summed E-state index contributed by atoms with van der Waals surface area (Å²) in [5, 5.41) is 7.73. The molecule has 4 heteroatoms. The fourth-order valence-corrected chi connectivity index (χ4v) is 2.46. The topological polar surface area (TPSA) is 34.4 Å². The van der Waals surface area contributed by atoms with Crippen LogP contribution in [0, 0.1) is 5.92 Å². The van der Waals surface area contributed by atoms with Crippen molar-refractivity contribution in [3.63, 3.8) is 0 Å². The molecule has 0 saturated heterocycles. The summed E-state index contributed by atoms with van der Waals surface area (Å²) in [6.07, 6.45) is 1.71. The standard InChI is InChI=1S/C15H21NO2S/c1-12(2)9-17-10-14(15-4-3-6-18-15)16-8-13-5-7-19-11-13/h3-7,11-12,14,16H,8-10H2,1-2H3. The van der Waals surface area contributed by atoms with E-state index in [1.807, 2.05) is 12.1 Å². The molecule has 2 aromatic rings. The molecule has 0 fully saturated rings. The average Bonchev–Trinajstić information content (AvgIpc) is 3.05. The van der Waals surface area contributed by atoms with Crippen molar-refractivity contribution < 1.29 is 9.15 Å². The highest BCUT2D eigenvalue weighted by molar-refractivity contribution is 7.07. The normalized spacial score (nSPS) is 13.0. The number of hydrogen-bond donors (Lipinski definition) is 1. The fraction of sp³-hybridized carbons (Fsp3) is 0.467. The van der Waals surface area contributed by atoms with Crippen molar-refractivity contribution in [2.45, 2.75) is 26.4 Å². The van der Waals surface area contributed by atoms with Crippen LogP contribution in [0.2, 0.25) is 0 Å². The second-order valence-electron chi connectivity index (χ2n) is 5.01. The minimum Gasteiger partial charge on any atom is -0.468 e. The zero-order chi connectivity index (χ0) is 13.5. The van der Waals surface area contributed by atoms with Crippen LogP contribution in [0.25, 0.3) is 0 Å². The summed E-state index contributed by atoms with van der Waals surface area (Å²) in [5.41, 5.74) is 1.30. The van der Waals surface area contributed by atoms with Crippen molar-refractivity contribution in [1.29, 1.82) is 0 Å². The molecular formula is C15H21NO2S. The van der Waals surface area contributed by atoms with Crippen LogP contribution in [0.5, 0.6) is 0 Å². The molecule has 2 rings (SSSR count). The van der Waals surface area contributed by atoms with Crippen molar-refractivity contribution in [1.82, 2.24) is 5.32 Å². The van der Waals surface area contributed by atoms with Gasteiger partial charge in [-0.15, -0.1) is 0 Å². The first-order valence-corrected chi connectivity index (χ1v) is 7.55. The average molecular weight is 279 g/mol. The van der Waals surface area contributed by atoms with Crippen molar-refractivity contribution in [3.05, 3.63) is 46.5 Å². The SMILES string of the molecule is CC(C)COCC(NCc1ccsc1)c1ccco1. The van der Waals surface area contributed by atoms with Crippen molar-refractivity contribution in [2.75, 3.05) is 13.2 Å². The largest absolute Gasteiger partial charge is 0.468 e. The van der Waals surface area contributed by atoms with Crippen LogP contribution in [0.15, 0.2) is 39.6 Å². The molecule has 0 bridgehead atoms. The lowest BCUT2D eigenvalue weighted by Gasteiger charge is -2.17. The molecule has 1 unspecified atom stereocenters. The fourth-order valence-electron chi connectivity index (χ4n) is 1.79. The van der Waals surface area contributed by atoms with E-state index in [9.17, 15) is 0 Å². The van der Waals surface area contributed by atoms with Crippen LogP contribution in [-0.4, -0.2) is 13.2 Å². The third-order valence-electron chi connectivity index (χ3n) is 2.76. The third-order valence-corrected chi connectivity index (χ3v) is 3.49. The van der Waals surface area contributed by atoms with E-state index in [1.54, 1.807) is 17.6 Å². The summed E-state index contributed by atoms with van der Waals surface area (Å²) >= 11 is 1.72. The smallest absolute Gasteiger partial charge is 0.123 e. The number of furan rings is 1. The summed E-state index contributed by atoms with van der Waals surface area (Å²) in [4.78, 5) is 0. The third kappa shape index (κ3) is 4.82. The molecule has 2 heterocycles. The first-order chi connectivity index (χ1) is 9.25. The number of thiophene rings is 1. The van der Waals surface area contributed by atoms with Gasteiger partial charge in [-0.05, 0) is 40.4 Å². The van der Waals surface area contributed by atoms with Crippen LogP contribution in [-0.2, 0) is 11.3 Å². The van der Waals surface area contributed by atoms with Crippen molar-refractivity contribution >= 4 is 11.3 Å². The van der Waals surface area contributed by atoms with Gasteiger partial charge >= 0.3 is 0 Å². The molecule has 0 aromatic carbocycles. The van der Waals surface area contributed by atoms with Gasteiger partial charge in [-0.25, -0.2) is 0 Å². The molecule has 0 spiro atoms. The van der Waals surface area contributed by atoms with E-state index < -0.39 is 0 Å². The highest BCUT2D eigenvalue weighted by Crippen LogP contribution is 2.16. The molecule has 0 aliphatic heterocycles. The summed E-state index contributed by atoms with van der Waals surface area (Å²) in [5.74, 6) is 1.48. The van der Waals surface area contributed by atoms with E-state index in [-0.39, 0.29) is 6.04 Å². The Balaban J connectivity index is 1.87. The maximum Gasteiger partial charge on any atom is 0.123 e. The predicted octanol–water partition coefficient (Wildman–Crippen LogP) is 3.84. The quantitative estimate of drug-likeness (QED) is 0.797. The minimum absolute atomic E-state index is 0.105. The summed E-state index contributed by atoms with van der Waals surface area (Å²) in [7, 11) is 0. The molecule has 2 aromatic heterocycles. The van der Waals surface area contributed by atoms with Crippen LogP contribution in [0.4, 0.5) is 0 Å². The van der Waals surface area contributed by atoms with Gasteiger partial charge in [0.2, 0.25) is 0 Å². The Hall–Kier alpha value is -1.10. The van der Waals surface area contributed by atoms with Crippen LogP contribution < -0.4 is 5.32 Å². The number of ether oxygens (including phenoxy) is 1. The van der Waals surface area contributed by atoms with Crippen LogP contribution in [0.1, 0.15) is 31.2 Å². The lowest BCUT2D eigenvalue weighted by atomic mass is 10.2. The Labute approximate surface area is 118 Å². The molecule has 0 saturated carbocycles. The number of hydrogen-bond acceptors (Lipinski definition) is 4. The Kier molecular flexibility index (Phi) is 5.63. The molecule has 19 heavy (non-hydrogen) atoms. The van der Waals surface area contributed by atoms with E-state index in [2.05, 4.69) is 36.0 Å². The first kappa shape index (κ1) is 14.3. The van der Waals surface area contributed by atoms with Gasteiger partial charge in [-0.2, -0.15) is 11.3 Å². The maximum absolute atomic E-state index is 5.73. The summed E-state index contributed by atoms with van der Waals surface area (Å²) in [6, 6.07) is 6.14. The molecule has 0 radical (unpaired) electrons. The zero-order valence-corrected chi connectivity index (χ0v) is 12.3. The van der Waals surface area contributed by atoms with Gasteiger partial charge in [0.1, 0.15) is 5.76 Å². The van der Waals surface area contributed by atoms with Gasteiger partial charge in [-0.3, -0.25) is 0 Å². The lowest BCUT2D eigenvalue weighted by molar-refractivity contribution is 0.0844. The van der Waals surface area contributed by atoms with Gasteiger partial charge in [0.05, 0.1) is 18.9 Å². The van der Waals surface area contributed by atoms with Crippen LogP contribution in [0.3, 0.4) is 0 Å². The highest BCUT2D eigenvalue weighted by atomic mass is 32.1. The molecule has 0 aliphatic carbocycles. The molecule has 3 nitrogen and oxygen atoms in total. The molecule has 0 aliphatic rings. The van der Waals surface area contributed by atoms with Crippen molar-refractivity contribution in [2.24, 2.45) is 5.92 Å². The Morgan fingerprint density at radius 3 is 2.84 bits per heavy atom. The molecular weight excluding hydrogens is 258 g/mol. The monoisotopic (exact) mass is 279 g/mol. The van der Waals surface area contributed by atoms with E-state index >= 15 is 0 Å². The highest BCUT2D eigenvalue weighted by Gasteiger charge is 2.14. The Morgan fingerprint density at radius 1 is 1.32 bits per heavy atom. The van der Waals surface area contributed by atoms with Gasteiger partial charge in [0.25, 0.3) is 0 Å². The molecule has 104 valence electrons. The molecule has 1 atom stereocenters. The summed E-state index contributed by atoms with van der Waals surface area (Å²) in [6.45, 7) is 6.55. The molecule has 0 amide bonds. The minimum atomic E-state index is 0.105. The lowest BCUT2D eigenvalue weighted by Crippen LogP contribution is -2.25. The van der Waals surface area contributed by atoms with E-state index in [0.29, 0.717) is 12.5 Å². The molecule has 1 N–H and O–H groups in total. The van der Waals surface area contributed by atoms with Gasteiger partial charge in [-0.1, -0.05) is 13.8 Å². The first-order valence-electron chi connectivity index (χ1n) is 6.61. The van der Waals surface area contributed by atoms with Gasteiger partial charge < -0.3 is 14.5 Å². The predicted molar refractivity (Wildman–Crippen MR) is 78.3 cm³/mol. The Bertz CT molecular complexity index is 437. The van der Waals surface area contributed by atoms with E-state index in [4.69, 9.17) is 9.15 Å². The number of nitrogens with one attached hydrogen (secondary N) is 1. The van der Waals surface area contributed by atoms with Crippen molar-refractivity contribution in [3.8, 4) is 0 Å². The van der Waals surface area contributed by atoms with E-state index in [1.165, 1.54) is 5.56 Å². The Morgan fingerprint density at radius 2 is 2.21 bits per heavy atom. The van der Waals surface area contributed by atoms with Crippen LogP contribution >= 0.6 is 11.3 Å². The van der Waals surface area contributed by atoms with E-state index in [0.717, 1.165) is 18.9 Å².